The lowest BCUT2D eigenvalue weighted by Crippen LogP contribution is -2.34. The molecule has 1 N–H and O–H groups in total. The van der Waals surface area contributed by atoms with Gasteiger partial charge in [-0.3, -0.25) is 4.79 Å². The summed E-state index contributed by atoms with van der Waals surface area (Å²) in [4.78, 5) is 17.3. The summed E-state index contributed by atoms with van der Waals surface area (Å²) in [5.74, 6) is 0.844. The number of benzene rings is 2. The van der Waals surface area contributed by atoms with Crippen LogP contribution >= 0.6 is 11.6 Å². The summed E-state index contributed by atoms with van der Waals surface area (Å²) in [5.41, 5.74) is 2.97. The summed E-state index contributed by atoms with van der Waals surface area (Å²) in [7, 11) is 0. The number of aromatic nitrogens is 2. The van der Waals surface area contributed by atoms with Gasteiger partial charge in [-0.15, -0.1) is 0 Å². The Morgan fingerprint density at radius 1 is 1.22 bits per heavy atom. The van der Waals surface area contributed by atoms with Gasteiger partial charge in [0, 0.05) is 24.6 Å². The Morgan fingerprint density at radius 2 is 2.04 bits per heavy atom. The highest BCUT2D eigenvalue weighted by molar-refractivity contribution is 6.30. The largest absolute Gasteiger partial charge is 0.376 e. The lowest BCUT2D eigenvalue weighted by atomic mass is 10.1. The minimum absolute atomic E-state index is 0.0222. The van der Waals surface area contributed by atoms with Gasteiger partial charge in [-0.1, -0.05) is 35.9 Å². The normalized spacial score (nSPS) is 16.7. The Labute approximate surface area is 163 Å². The number of para-hydroxylation sites is 2. The van der Waals surface area contributed by atoms with Gasteiger partial charge in [0.25, 0.3) is 0 Å². The van der Waals surface area contributed by atoms with Gasteiger partial charge in [-0.25, -0.2) is 4.98 Å². The molecular formula is C21H22ClN3O2. The minimum Gasteiger partial charge on any atom is -0.376 e. The molecule has 27 heavy (non-hydrogen) atoms. The Hall–Kier alpha value is -2.37. The van der Waals surface area contributed by atoms with Crippen molar-refractivity contribution in [3.8, 4) is 0 Å². The predicted molar refractivity (Wildman–Crippen MR) is 106 cm³/mol. The fraction of sp³-hybridized carbons (Fsp3) is 0.333. The molecule has 2 aromatic carbocycles. The average Bonchev–Trinajstić information content (AvgIpc) is 3.31. The molecule has 2 heterocycles. The third-order valence-corrected chi connectivity index (χ3v) is 5.11. The number of carbonyl (C=O) groups is 1. The number of ether oxygens (including phenoxy) is 1. The zero-order chi connectivity index (χ0) is 18.6. The Morgan fingerprint density at radius 3 is 2.81 bits per heavy atom. The molecule has 1 aliphatic rings. The van der Waals surface area contributed by atoms with Gasteiger partial charge >= 0.3 is 0 Å². The van der Waals surface area contributed by atoms with E-state index in [0.717, 1.165) is 41.9 Å². The van der Waals surface area contributed by atoms with Crippen molar-refractivity contribution in [2.24, 2.45) is 0 Å². The summed E-state index contributed by atoms with van der Waals surface area (Å²) in [5, 5.41) is 3.71. The number of imidazole rings is 1. The van der Waals surface area contributed by atoms with Gasteiger partial charge in [-0.05, 0) is 42.7 Å². The van der Waals surface area contributed by atoms with Crippen LogP contribution in [0.4, 0.5) is 0 Å². The van der Waals surface area contributed by atoms with Gasteiger partial charge in [0.05, 0.1) is 17.1 Å². The maximum absolute atomic E-state index is 12.5. The van der Waals surface area contributed by atoms with E-state index in [2.05, 4.69) is 5.32 Å². The number of nitrogens with one attached hydrogen (secondary N) is 1. The van der Waals surface area contributed by atoms with E-state index in [0.29, 0.717) is 18.0 Å². The van der Waals surface area contributed by atoms with Crippen LogP contribution in [0.25, 0.3) is 11.0 Å². The van der Waals surface area contributed by atoms with Crippen LogP contribution in [-0.4, -0.2) is 34.7 Å². The Kier molecular flexibility index (Phi) is 5.41. The molecule has 0 radical (unpaired) electrons. The van der Waals surface area contributed by atoms with Crippen LogP contribution in [0.2, 0.25) is 5.02 Å². The molecule has 4 rings (SSSR count). The van der Waals surface area contributed by atoms with E-state index in [-0.39, 0.29) is 18.6 Å². The van der Waals surface area contributed by atoms with Crippen molar-refractivity contribution >= 4 is 28.5 Å². The molecule has 3 aromatic rings. The van der Waals surface area contributed by atoms with E-state index in [1.54, 1.807) is 0 Å². The second-order valence-electron chi connectivity index (χ2n) is 6.85. The number of hydrogen-bond donors (Lipinski definition) is 1. The fourth-order valence-electron chi connectivity index (χ4n) is 3.45. The highest BCUT2D eigenvalue weighted by Crippen LogP contribution is 2.19. The number of fused-ring (bicyclic) bond motifs is 1. The maximum Gasteiger partial charge on any atom is 0.240 e. The molecule has 0 bridgehead atoms. The topological polar surface area (TPSA) is 56.2 Å². The van der Waals surface area contributed by atoms with Crippen molar-refractivity contribution in [1.29, 1.82) is 0 Å². The number of halogens is 1. The second kappa shape index (κ2) is 8.11. The number of rotatable bonds is 6. The summed E-state index contributed by atoms with van der Waals surface area (Å²) >= 11 is 5.98. The molecule has 5 nitrogen and oxygen atoms in total. The predicted octanol–water partition coefficient (Wildman–Crippen LogP) is 3.58. The third kappa shape index (κ3) is 4.31. The molecule has 1 saturated heterocycles. The number of amides is 1. The van der Waals surface area contributed by atoms with E-state index >= 15 is 0 Å². The summed E-state index contributed by atoms with van der Waals surface area (Å²) < 4.78 is 7.57. The summed E-state index contributed by atoms with van der Waals surface area (Å²) in [6, 6.07) is 15.6. The molecule has 1 atom stereocenters. The quantitative estimate of drug-likeness (QED) is 0.707. The first-order valence-electron chi connectivity index (χ1n) is 9.26. The zero-order valence-corrected chi connectivity index (χ0v) is 15.8. The monoisotopic (exact) mass is 383 g/mol. The van der Waals surface area contributed by atoms with Crippen molar-refractivity contribution in [2.45, 2.75) is 31.9 Å². The van der Waals surface area contributed by atoms with Gasteiger partial charge in [0.2, 0.25) is 5.91 Å². The van der Waals surface area contributed by atoms with E-state index in [9.17, 15) is 4.79 Å². The highest BCUT2D eigenvalue weighted by atomic mass is 35.5. The van der Waals surface area contributed by atoms with Crippen LogP contribution < -0.4 is 5.32 Å². The first-order valence-corrected chi connectivity index (χ1v) is 9.64. The van der Waals surface area contributed by atoms with E-state index in [1.165, 1.54) is 0 Å². The zero-order valence-electron chi connectivity index (χ0n) is 15.0. The van der Waals surface area contributed by atoms with Crippen molar-refractivity contribution < 1.29 is 9.53 Å². The van der Waals surface area contributed by atoms with Crippen LogP contribution in [0.3, 0.4) is 0 Å². The molecule has 1 unspecified atom stereocenters. The molecule has 0 spiro atoms. The van der Waals surface area contributed by atoms with Gasteiger partial charge in [0.15, 0.2) is 0 Å². The second-order valence-corrected chi connectivity index (χ2v) is 7.28. The molecule has 0 saturated carbocycles. The van der Waals surface area contributed by atoms with E-state index < -0.39 is 0 Å². The van der Waals surface area contributed by atoms with Crippen molar-refractivity contribution in [3.63, 3.8) is 0 Å². The van der Waals surface area contributed by atoms with Gasteiger partial charge in [0.1, 0.15) is 12.4 Å². The lowest BCUT2D eigenvalue weighted by molar-refractivity contribution is -0.122. The highest BCUT2D eigenvalue weighted by Gasteiger charge is 2.18. The molecule has 6 heteroatoms. The number of hydrogen-bond acceptors (Lipinski definition) is 3. The van der Waals surface area contributed by atoms with E-state index in [4.69, 9.17) is 21.3 Å². The van der Waals surface area contributed by atoms with Crippen LogP contribution in [0.15, 0.2) is 48.5 Å². The van der Waals surface area contributed by atoms with Crippen LogP contribution in [0.1, 0.15) is 24.2 Å². The first-order chi connectivity index (χ1) is 13.2. The SMILES string of the molecule is O=C(Cn1c(Cc2ccc(Cl)cc2)nc2ccccc21)NCC1CCCO1. The molecule has 1 aromatic heterocycles. The number of carbonyl (C=O) groups excluding carboxylic acids is 1. The van der Waals surface area contributed by atoms with Crippen molar-refractivity contribution in [1.82, 2.24) is 14.9 Å². The molecule has 1 amide bonds. The summed E-state index contributed by atoms with van der Waals surface area (Å²) in [6.45, 7) is 1.60. The molecule has 140 valence electrons. The lowest BCUT2D eigenvalue weighted by Gasteiger charge is -2.13. The standard InChI is InChI=1S/C21H22ClN3O2/c22-16-9-7-15(8-10-16)12-20-24-18-5-1-2-6-19(18)25(20)14-21(26)23-13-17-4-3-11-27-17/h1-2,5-10,17H,3-4,11-14H2,(H,23,26). The molecule has 1 fully saturated rings. The fourth-order valence-corrected chi connectivity index (χ4v) is 3.58. The van der Waals surface area contributed by atoms with Crippen LogP contribution in [0, 0.1) is 0 Å². The molecule has 0 aliphatic carbocycles. The van der Waals surface area contributed by atoms with Crippen LogP contribution in [-0.2, 0) is 22.5 Å². The summed E-state index contributed by atoms with van der Waals surface area (Å²) in [6.07, 6.45) is 2.86. The Bertz CT molecular complexity index is 930. The van der Waals surface area contributed by atoms with E-state index in [1.807, 2.05) is 53.1 Å². The minimum atomic E-state index is -0.0222. The maximum atomic E-state index is 12.5. The average molecular weight is 384 g/mol. The van der Waals surface area contributed by atoms with Crippen LogP contribution in [0.5, 0.6) is 0 Å². The number of nitrogens with zero attached hydrogens (tertiary/aromatic N) is 2. The molecule has 1 aliphatic heterocycles. The smallest absolute Gasteiger partial charge is 0.240 e. The molecular weight excluding hydrogens is 362 g/mol. The van der Waals surface area contributed by atoms with Crippen molar-refractivity contribution in [3.05, 3.63) is 64.9 Å². The first kappa shape index (κ1) is 18.0. The van der Waals surface area contributed by atoms with Gasteiger partial charge < -0.3 is 14.6 Å². The third-order valence-electron chi connectivity index (χ3n) is 4.86. The Balaban J connectivity index is 1.54. The van der Waals surface area contributed by atoms with Gasteiger partial charge in [-0.2, -0.15) is 0 Å². The van der Waals surface area contributed by atoms with Crippen molar-refractivity contribution in [2.75, 3.05) is 13.2 Å².